The molecule has 0 radical (unpaired) electrons. The molecule has 6 nitrogen and oxygen atoms in total. The molecular formula is C26H28O6. The number of ether oxygens (including phenoxy) is 2. The van der Waals surface area contributed by atoms with E-state index in [9.17, 15) is 19.5 Å². The van der Waals surface area contributed by atoms with Crippen LogP contribution in [0.3, 0.4) is 0 Å². The molecule has 6 heteroatoms. The van der Waals surface area contributed by atoms with Gasteiger partial charge in [0.05, 0.1) is 6.10 Å². The summed E-state index contributed by atoms with van der Waals surface area (Å²) >= 11 is 0. The van der Waals surface area contributed by atoms with Gasteiger partial charge in [-0.15, -0.1) is 0 Å². The highest BCUT2D eigenvalue weighted by Crippen LogP contribution is 2.31. The van der Waals surface area contributed by atoms with Crippen molar-refractivity contribution in [2.75, 3.05) is 6.61 Å². The molecule has 0 unspecified atom stereocenters. The first-order chi connectivity index (χ1) is 15.4. The van der Waals surface area contributed by atoms with Crippen LogP contribution in [0.15, 0.2) is 48.5 Å². The molecule has 2 aromatic carbocycles. The van der Waals surface area contributed by atoms with Gasteiger partial charge in [-0.1, -0.05) is 42.5 Å². The zero-order chi connectivity index (χ0) is 22.9. The Morgan fingerprint density at radius 3 is 2.66 bits per heavy atom. The largest absolute Gasteiger partial charge is 0.507 e. The van der Waals surface area contributed by atoms with E-state index in [1.807, 2.05) is 12.1 Å². The number of fused-ring (bicyclic) bond motifs is 1. The maximum Gasteiger partial charge on any atom is 0.342 e. The summed E-state index contributed by atoms with van der Waals surface area (Å²) in [7, 11) is 0. The molecule has 0 aliphatic carbocycles. The van der Waals surface area contributed by atoms with Gasteiger partial charge in [-0.25, -0.2) is 4.79 Å². The quantitative estimate of drug-likeness (QED) is 0.527. The van der Waals surface area contributed by atoms with Crippen molar-refractivity contribution in [2.45, 2.75) is 51.6 Å². The summed E-state index contributed by atoms with van der Waals surface area (Å²) in [6.45, 7) is 1.57. The van der Waals surface area contributed by atoms with Crippen LogP contribution in [0.5, 0.6) is 11.5 Å². The van der Waals surface area contributed by atoms with Gasteiger partial charge in [-0.3, -0.25) is 9.59 Å². The third-order valence-corrected chi connectivity index (χ3v) is 5.29. The summed E-state index contributed by atoms with van der Waals surface area (Å²) in [5, 5.41) is 10.6. The Bertz CT molecular complexity index is 993. The number of benzene rings is 2. The summed E-state index contributed by atoms with van der Waals surface area (Å²) in [5.41, 5.74) is 1.03. The van der Waals surface area contributed by atoms with Crippen LogP contribution in [0, 0.1) is 0 Å². The van der Waals surface area contributed by atoms with E-state index in [2.05, 4.69) is 0 Å². The van der Waals surface area contributed by atoms with Crippen molar-refractivity contribution < 1.29 is 29.0 Å². The van der Waals surface area contributed by atoms with Crippen molar-refractivity contribution in [3.05, 3.63) is 65.2 Å². The van der Waals surface area contributed by atoms with Gasteiger partial charge in [-0.2, -0.15) is 0 Å². The molecule has 0 saturated heterocycles. The zero-order valence-corrected chi connectivity index (χ0v) is 18.2. The molecule has 3 rings (SSSR count). The van der Waals surface area contributed by atoms with Crippen LogP contribution in [-0.2, 0) is 9.53 Å². The first-order valence-electron chi connectivity index (χ1n) is 10.9. The summed E-state index contributed by atoms with van der Waals surface area (Å²) in [6, 6.07) is 11.7. The molecule has 0 aromatic heterocycles. The van der Waals surface area contributed by atoms with Crippen molar-refractivity contribution in [3.63, 3.8) is 0 Å². The Balaban J connectivity index is 1.82. The Morgan fingerprint density at radius 2 is 1.88 bits per heavy atom. The van der Waals surface area contributed by atoms with E-state index in [1.54, 1.807) is 43.3 Å². The van der Waals surface area contributed by atoms with Crippen molar-refractivity contribution in [1.29, 1.82) is 0 Å². The minimum absolute atomic E-state index is 0.0583. The number of ketones is 2. The topological polar surface area (TPSA) is 89.9 Å². The van der Waals surface area contributed by atoms with Gasteiger partial charge in [0.2, 0.25) is 0 Å². The zero-order valence-electron chi connectivity index (χ0n) is 18.2. The predicted molar refractivity (Wildman–Crippen MR) is 121 cm³/mol. The molecule has 2 aromatic rings. The van der Waals surface area contributed by atoms with E-state index in [0.717, 1.165) is 6.42 Å². The maximum atomic E-state index is 12.8. The fourth-order valence-corrected chi connectivity index (χ4v) is 3.56. The van der Waals surface area contributed by atoms with E-state index in [4.69, 9.17) is 9.47 Å². The molecule has 0 spiro atoms. The van der Waals surface area contributed by atoms with E-state index in [-0.39, 0.29) is 41.3 Å². The predicted octanol–water partition coefficient (Wildman–Crippen LogP) is 5.14. The van der Waals surface area contributed by atoms with Crippen LogP contribution in [0.4, 0.5) is 0 Å². The summed E-state index contributed by atoms with van der Waals surface area (Å²) < 4.78 is 11.1. The van der Waals surface area contributed by atoms with Crippen LogP contribution in [0.1, 0.15) is 71.7 Å². The molecule has 168 valence electrons. The molecule has 1 aliphatic heterocycles. The third-order valence-electron chi connectivity index (χ3n) is 5.29. The van der Waals surface area contributed by atoms with Crippen molar-refractivity contribution in [2.24, 2.45) is 0 Å². The number of hydrogen-bond acceptors (Lipinski definition) is 6. The Labute approximate surface area is 187 Å². The Kier molecular flexibility index (Phi) is 8.20. The number of esters is 1. The smallest absolute Gasteiger partial charge is 0.342 e. The van der Waals surface area contributed by atoms with E-state index in [0.29, 0.717) is 43.2 Å². The number of phenols is 1. The van der Waals surface area contributed by atoms with Crippen LogP contribution >= 0.6 is 0 Å². The first kappa shape index (κ1) is 23.3. The van der Waals surface area contributed by atoms with E-state index < -0.39 is 5.97 Å². The molecule has 0 fully saturated rings. The lowest BCUT2D eigenvalue weighted by atomic mass is 10.0. The monoisotopic (exact) mass is 436 g/mol. The highest BCUT2D eigenvalue weighted by atomic mass is 16.5. The number of Topliss-reactive ketones (excluding diaryl/α,β-unsaturated/α-hetero) is 2. The second kappa shape index (κ2) is 11.3. The van der Waals surface area contributed by atoms with Crippen molar-refractivity contribution >= 4 is 23.6 Å². The van der Waals surface area contributed by atoms with Gasteiger partial charge in [0.15, 0.2) is 12.4 Å². The molecule has 1 N–H and O–H groups in total. The molecule has 0 saturated carbocycles. The van der Waals surface area contributed by atoms with Gasteiger partial charge in [-0.05, 0) is 44.2 Å². The van der Waals surface area contributed by atoms with E-state index >= 15 is 0 Å². The lowest BCUT2D eigenvalue weighted by Crippen LogP contribution is -2.17. The number of aromatic hydroxyl groups is 1. The van der Waals surface area contributed by atoms with Gasteiger partial charge in [0.25, 0.3) is 0 Å². The standard InChI is InChI=1S/C26H28O6/c1-18-9-8-14-21(27)13-7-3-6-12-20-15-22(16-23(28)25(20)26(30)32-18)31-17-24(29)19-10-4-2-5-11-19/h2,4-6,10-12,15-16,18,28H,3,7-9,13-14,17H2,1H3/t18-/m1/s1. The van der Waals surface area contributed by atoms with Crippen molar-refractivity contribution in [3.8, 4) is 11.5 Å². The maximum absolute atomic E-state index is 12.8. The average molecular weight is 437 g/mol. The molecule has 1 atom stereocenters. The number of allylic oxidation sites excluding steroid dienone is 1. The van der Waals surface area contributed by atoms with Crippen LogP contribution in [0.2, 0.25) is 0 Å². The highest BCUT2D eigenvalue weighted by molar-refractivity contribution is 5.98. The number of phenolic OH excluding ortho intramolecular Hbond substituents is 1. The second-order valence-corrected chi connectivity index (χ2v) is 7.93. The summed E-state index contributed by atoms with van der Waals surface area (Å²) in [4.78, 5) is 37.0. The number of carbonyl (C=O) groups excluding carboxylic acids is 3. The van der Waals surface area contributed by atoms with Crippen LogP contribution in [0.25, 0.3) is 6.08 Å². The molecule has 1 heterocycles. The second-order valence-electron chi connectivity index (χ2n) is 7.93. The Morgan fingerprint density at radius 1 is 1.12 bits per heavy atom. The SMILES string of the molecule is C[C@@H]1CCCC(=O)CCCC=Cc2cc(OCC(=O)c3ccccc3)cc(O)c2C(=O)O1. The lowest BCUT2D eigenvalue weighted by molar-refractivity contribution is -0.119. The normalized spacial score (nSPS) is 17.7. The minimum atomic E-state index is -0.634. The van der Waals surface area contributed by atoms with Crippen LogP contribution < -0.4 is 4.74 Å². The number of cyclic esters (lactones) is 1. The molecule has 1 aliphatic rings. The number of hydrogen-bond donors (Lipinski definition) is 1. The summed E-state index contributed by atoms with van der Waals surface area (Å²) in [5.74, 6) is -0.615. The minimum Gasteiger partial charge on any atom is -0.507 e. The fourth-order valence-electron chi connectivity index (χ4n) is 3.56. The third kappa shape index (κ3) is 6.54. The van der Waals surface area contributed by atoms with Gasteiger partial charge < -0.3 is 14.6 Å². The van der Waals surface area contributed by atoms with Crippen molar-refractivity contribution in [1.82, 2.24) is 0 Å². The first-order valence-corrected chi connectivity index (χ1v) is 10.9. The summed E-state index contributed by atoms with van der Waals surface area (Å²) in [6.07, 6.45) is 6.80. The highest BCUT2D eigenvalue weighted by Gasteiger charge is 2.21. The lowest BCUT2D eigenvalue weighted by Gasteiger charge is -2.16. The molecule has 0 amide bonds. The Hall–Kier alpha value is -3.41. The van der Waals surface area contributed by atoms with Crippen LogP contribution in [-0.4, -0.2) is 35.4 Å². The molecular weight excluding hydrogens is 408 g/mol. The molecule has 32 heavy (non-hydrogen) atoms. The average Bonchev–Trinajstić information content (AvgIpc) is 2.77. The van der Waals surface area contributed by atoms with Gasteiger partial charge in [0, 0.05) is 24.5 Å². The van der Waals surface area contributed by atoms with Gasteiger partial charge >= 0.3 is 5.97 Å². The van der Waals surface area contributed by atoms with Gasteiger partial charge in [0.1, 0.15) is 22.8 Å². The molecule has 0 bridgehead atoms. The fraction of sp³-hybridized carbons (Fsp3) is 0.346. The number of rotatable bonds is 4. The van der Waals surface area contributed by atoms with E-state index in [1.165, 1.54) is 6.07 Å². The number of carbonyl (C=O) groups is 3.